The van der Waals surface area contributed by atoms with Crippen molar-refractivity contribution in [2.75, 3.05) is 5.75 Å². The van der Waals surface area contributed by atoms with Crippen LogP contribution in [0.2, 0.25) is 0 Å². The minimum absolute atomic E-state index is 0.176. The van der Waals surface area contributed by atoms with Gasteiger partial charge < -0.3 is 10.8 Å². The van der Waals surface area contributed by atoms with Gasteiger partial charge in [-0.2, -0.15) is 0 Å². The summed E-state index contributed by atoms with van der Waals surface area (Å²) in [5, 5.41) is 8.15. The second-order valence-corrected chi connectivity index (χ2v) is 4.21. The zero-order chi connectivity index (χ0) is 10.3. The highest BCUT2D eigenvalue weighted by atomic mass is 32.2. The van der Waals surface area contributed by atoms with E-state index in [0.717, 1.165) is 12.2 Å². The molecule has 0 aliphatic rings. The Bertz CT molecular complexity index is 184. The van der Waals surface area contributed by atoms with Crippen LogP contribution in [-0.4, -0.2) is 28.0 Å². The summed E-state index contributed by atoms with van der Waals surface area (Å²) in [4.78, 5) is 20.7. The number of hydrogen-bond acceptors (Lipinski definition) is 3. The summed E-state index contributed by atoms with van der Waals surface area (Å²) in [6, 6.07) is 0. The Morgan fingerprint density at radius 2 is 2.08 bits per heavy atom. The molecule has 0 aliphatic heterocycles. The molecule has 0 bridgehead atoms. The van der Waals surface area contributed by atoms with Crippen LogP contribution < -0.4 is 5.73 Å². The average Bonchev–Trinajstić information content (AvgIpc) is 2.02. The monoisotopic (exact) mass is 205 g/mol. The van der Waals surface area contributed by atoms with Crippen molar-refractivity contribution >= 4 is 23.6 Å². The van der Waals surface area contributed by atoms with E-state index in [4.69, 9.17) is 10.8 Å². The quantitative estimate of drug-likeness (QED) is 0.604. The van der Waals surface area contributed by atoms with Crippen molar-refractivity contribution in [3.8, 4) is 0 Å². The number of carboxylic acids is 1. The number of aliphatic carboxylic acids is 1. The van der Waals surface area contributed by atoms with Gasteiger partial charge in [0, 0.05) is 6.42 Å². The second-order valence-electron chi connectivity index (χ2n) is 2.77. The summed E-state index contributed by atoms with van der Waals surface area (Å²) in [6.45, 7) is 1.75. The van der Waals surface area contributed by atoms with Gasteiger partial charge in [0.25, 0.3) is 0 Å². The van der Waals surface area contributed by atoms with Crippen molar-refractivity contribution in [3.05, 3.63) is 0 Å². The lowest BCUT2D eigenvalue weighted by atomic mass is 10.2. The van der Waals surface area contributed by atoms with Crippen LogP contribution in [-0.2, 0) is 9.59 Å². The highest BCUT2D eigenvalue weighted by molar-refractivity contribution is 8.00. The van der Waals surface area contributed by atoms with E-state index < -0.39 is 5.97 Å². The third-order valence-electron chi connectivity index (χ3n) is 1.55. The van der Waals surface area contributed by atoms with Crippen LogP contribution in [0.3, 0.4) is 0 Å². The molecule has 0 fully saturated rings. The molecule has 0 aliphatic carbocycles. The van der Waals surface area contributed by atoms with E-state index in [2.05, 4.69) is 0 Å². The topological polar surface area (TPSA) is 80.4 Å². The van der Waals surface area contributed by atoms with Gasteiger partial charge in [-0.25, -0.2) is 0 Å². The third-order valence-corrected chi connectivity index (χ3v) is 2.81. The maximum atomic E-state index is 10.6. The summed E-state index contributed by atoms with van der Waals surface area (Å²) in [7, 11) is 0. The Morgan fingerprint density at radius 1 is 1.46 bits per heavy atom. The Labute approximate surface area is 81.9 Å². The van der Waals surface area contributed by atoms with Gasteiger partial charge in [-0.3, -0.25) is 9.59 Å². The van der Waals surface area contributed by atoms with Crippen molar-refractivity contribution in [3.63, 3.8) is 0 Å². The van der Waals surface area contributed by atoms with Gasteiger partial charge in [0.05, 0.1) is 5.25 Å². The number of rotatable bonds is 7. The van der Waals surface area contributed by atoms with Crippen molar-refractivity contribution in [1.29, 1.82) is 0 Å². The van der Waals surface area contributed by atoms with Gasteiger partial charge in [0.15, 0.2) is 0 Å². The van der Waals surface area contributed by atoms with Crippen molar-refractivity contribution < 1.29 is 14.7 Å². The predicted molar refractivity (Wildman–Crippen MR) is 52.6 cm³/mol. The number of unbranched alkanes of at least 4 members (excludes halogenated alkanes) is 1. The van der Waals surface area contributed by atoms with E-state index in [9.17, 15) is 9.59 Å². The van der Waals surface area contributed by atoms with E-state index in [0.29, 0.717) is 6.42 Å². The molecule has 0 saturated carbocycles. The van der Waals surface area contributed by atoms with E-state index in [1.807, 2.05) is 0 Å². The molecule has 4 nitrogen and oxygen atoms in total. The van der Waals surface area contributed by atoms with Crippen LogP contribution in [0.15, 0.2) is 0 Å². The average molecular weight is 205 g/mol. The largest absolute Gasteiger partial charge is 0.481 e. The molecule has 0 heterocycles. The highest BCUT2D eigenvalue weighted by Crippen LogP contribution is 2.12. The first-order chi connectivity index (χ1) is 6.04. The van der Waals surface area contributed by atoms with Crippen LogP contribution in [0.25, 0.3) is 0 Å². The third kappa shape index (κ3) is 7.64. The number of primary amides is 1. The molecule has 0 radical (unpaired) electrons. The zero-order valence-corrected chi connectivity index (χ0v) is 8.47. The van der Waals surface area contributed by atoms with E-state index in [-0.39, 0.29) is 17.6 Å². The molecule has 76 valence electrons. The van der Waals surface area contributed by atoms with Gasteiger partial charge in [-0.15, -0.1) is 11.8 Å². The lowest BCUT2D eigenvalue weighted by molar-refractivity contribution is -0.137. The molecule has 0 rings (SSSR count). The molecular formula is C8H15NO3S. The summed E-state index contributed by atoms with van der Waals surface area (Å²) >= 11 is 1.47. The number of hydrogen-bond donors (Lipinski definition) is 2. The Balaban J connectivity index is 3.26. The fourth-order valence-electron chi connectivity index (χ4n) is 0.721. The van der Waals surface area contributed by atoms with Crippen molar-refractivity contribution in [2.24, 2.45) is 5.73 Å². The first kappa shape index (κ1) is 12.3. The molecule has 0 saturated heterocycles. The van der Waals surface area contributed by atoms with Gasteiger partial charge >= 0.3 is 5.97 Å². The lowest BCUT2D eigenvalue weighted by Gasteiger charge is -2.05. The molecule has 0 spiro atoms. The van der Waals surface area contributed by atoms with Gasteiger partial charge in [0.1, 0.15) is 0 Å². The Morgan fingerprint density at radius 3 is 2.54 bits per heavy atom. The number of carboxylic acid groups (broad SMARTS) is 1. The maximum absolute atomic E-state index is 10.6. The van der Waals surface area contributed by atoms with Gasteiger partial charge in [0.2, 0.25) is 5.91 Å². The summed E-state index contributed by atoms with van der Waals surface area (Å²) in [5.41, 5.74) is 5.05. The number of amides is 1. The summed E-state index contributed by atoms with van der Waals surface area (Å²) < 4.78 is 0. The molecule has 0 aromatic heterocycles. The minimum Gasteiger partial charge on any atom is -0.481 e. The van der Waals surface area contributed by atoms with Crippen molar-refractivity contribution in [2.45, 2.75) is 31.4 Å². The first-order valence-electron chi connectivity index (χ1n) is 4.16. The molecule has 0 aromatic carbocycles. The Kier molecular flexibility index (Phi) is 6.40. The highest BCUT2D eigenvalue weighted by Gasteiger charge is 2.07. The molecule has 13 heavy (non-hydrogen) atoms. The lowest BCUT2D eigenvalue weighted by Crippen LogP contribution is -2.22. The smallest absolute Gasteiger partial charge is 0.303 e. The van der Waals surface area contributed by atoms with Crippen LogP contribution >= 0.6 is 11.8 Å². The predicted octanol–water partition coefficient (Wildman–Crippen LogP) is 0.848. The van der Waals surface area contributed by atoms with Crippen LogP contribution in [0.1, 0.15) is 26.2 Å². The fourth-order valence-corrected chi connectivity index (χ4v) is 1.61. The van der Waals surface area contributed by atoms with Crippen LogP contribution in [0, 0.1) is 0 Å². The first-order valence-corrected chi connectivity index (χ1v) is 5.21. The second kappa shape index (κ2) is 6.77. The van der Waals surface area contributed by atoms with Crippen LogP contribution in [0.5, 0.6) is 0 Å². The fraction of sp³-hybridized carbons (Fsp3) is 0.750. The van der Waals surface area contributed by atoms with Crippen LogP contribution in [0.4, 0.5) is 0 Å². The SMILES string of the molecule is CC(SCCCCC(=O)O)C(N)=O. The molecule has 1 amide bonds. The number of thioether (sulfide) groups is 1. The van der Waals surface area contributed by atoms with E-state index in [1.165, 1.54) is 11.8 Å². The summed E-state index contributed by atoms with van der Waals surface area (Å²) in [5.74, 6) is -0.298. The number of carbonyl (C=O) groups is 2. The van der Waals surface area contributed by atoms with Crippen molar-refractivity contribution in [1.82, 2.24) is 0 Å². The van der Waals surface area contributed by atoms with Gasteiger partial charge in [-0.05, 0) is 25.5 Å². The molecule has 5 heteroatoms. The molecule has 0 aromatic rings. The maximum Gasteiger partial charge on any atom is 0.303 e. The normalized spacial score (nSPS) is 12.4. The molecule has 1 atom stereocenters. The van der Waals surface area contributed by atoms with E-state index in [1.54, 1.807) is 6.92 Å². The summed E-state index contributed by atoms with van der Waals surface area (Å²) in [6.07, 6.45) is 1.67. The number of carbonyl (C=O) groups excluding carboxylic acids is 1. The zero-order valence-electron chi connectivity index (χ0n) is 7.66. The molecule has 3 N–H and O–H groups in total. The molecule has 1 unspecified atom stereocenters. The standard InChI is InChI=1S/C8H15NO3S/c1-6(8(9)12)13-5-3-2-4-7(10)11/h6H,2-5H2,1H3,(H2,9,12)(H,10,11). The van der Waals surface area contributed by atoms with E-state index >= 15 is 0 Å². The number of nitrogens with two attached hydrogens (primary N) is 1. The Hall–Kier alpha value is -0.710. The minimum atomic E-state index is -0.770. The van der Waals surface area contributed by atoms with Gasteiger partial charge in [-0.1, -0.05) is 0 Å². The molecular weight excluding hydrogens is 190 g/mol.